The molecular weight excluding hydrogens is 301 g/mol. The molecule has 114 valence electrons. The van der Waals surface area contributed by atoms with Crippen LogP contribution in [0.15, 0.2) is 35.1 Å². The van der Waals surface area contributed by atoms with Crippen LogP contribution in [0.25, 0.3) is 12.2 Å². The second-order valence-electron chi connectivity index (χ2n) is 4.28. The Balaban J connectivity index is 2.28. The standard InChI is InChI=1S/C14H9F3N2O3/c15-14(16,17)11-7-10(18-13(22)19-11)6-3-8-1-4-9(5-2-8)12(20)21/h1-7H,(H,20,21)(H,18,19,22)/b6-3+. The molecule has 0 radical (unpaired) electrons. The maximum atomic E-state index is 12.6. The molecule has 0 saturated heterocycles. The minimum absolute atomic E-state index is 0.0887. The van der Waals surface area contributed by atoms with Crippen molar-refractivity contribution in [3.8, 4) is 0 Å². The average molecular weight is 310 g/mol. The largest absolute Gasteiger partial charge is 0.478 e. The van der Waals surface area contributed by atoms with Crippen LogP contribution in [0.4, 0.5) is 13.2 Å². The third kappa shape index (κ3) is 3.81. The highest BCUT2D eigenvalue weighted by molar-refractivity contribution is 5.88. The van der Waals surface area contributed by atoms with Crippen molar-refractivity contribution in [3.05, 3.63) is 63.3 Å². The zero-order valence-electron chi connectivity index (χ0n) is 10.9. The van der Waals surface area contributed by atoms with E-state index < -0.39 is 23.5 Å². The van der Waals surface area contributed by atoms with E-state index in [-0.39, 0.29) is 11.3 Å². The Kier molecular flexibility index (Phi) is 4.11. The molecule has 0 fully saturated rings. The van der Waals surface area contributed by atoms with Crippen molar-refractivity contribution in [2.75, 3.05) is 0 Å². The van der Waals surface area contributed by atoms with Gasteiger partial charge in [0.25, 0.3) is 0 Å². The summed E-state index contributed by atoms with van der Waals surface area (Å²) in [4.78, 5) is 26.8. The third-order valence-corrected chi connectivity index (χ3v) is 2.67. The minimum atomic E-state index is -4.67. The van der Waals surface area contributed by atoms with Crippen LogP contribution in [0, 0.1) is 0 Å². The van der Waals surface area contributed by atoms with E-state index in [1.54, 1.807) is 4.98 Å². The van der Waals surface area contributed by atoms with Crippen LogP contribution < -0.4 is 5.69 Å². The van der Waals surface area contributed by atoms with Crippen molar-refractivity contribution < 1.29 is 23.1 Å². The fourth-order valence-electron chi connectivity index (χ4n) is 1.63. The molecule has 1 aromatic carbocycles. The number of aromatic nitrogens is 2. The molecule has 22 heavy (non-hydrogen) atoms. The first-order chi connectivity index (χ1) is 10.3. The fraction of sp³-hybridized carbons (Fsp3) is 0.0714. The first kappa shape index (κ1) is 15.5. The normalized spacial score (nSPS) is 11.8. The van der Waals surface area contributed by atoms with E-state index in [0.717, 1.165) is 0 Å². The van der Waals surface area contributed by atoms with Crippen LogP contribution in [0.5, 0.6) is 0 Å². The van der Waals surface area contributed by atoms with Gasteiger partial charge in [-0.1, -0.05) is 18.2 Å². The van der Waals surface area contributed by atoms with Gasteiger partial charge in [-0.05, 0) is 29.8 Å². The van der Waals surface area contributed by atoms with Crippen molar-refractivity contribution in [1.82, 2.24) is 9.97 Å². The van der Waals surface area contributed by atoms with Crippen LogP contribution in [0.1, 0.15) is 27.3 Å². The zero-order valence-corrected chi connectivity index (χ0v) is 10.9. The quantitative estimate of drug-likeness (QED) is 0.913. The number of nitrogens with one attached hydrogen (secondary N) is 1. The molecular formula is C14H9F3N2O3. The summed E-state index contributed by atoms with van der Waals surface area (Å²) >= 11 is 0. The van der Waals surface area contributed by atoms with Crippen LogP contribution in [-0.4, -0.2) is 21.0 Å². The van der Waals surface area contributed by atoms with Crippen molar-refractivity contribution >= 4 is 18.1 Å². The molecule has 2 rings (SSSR count). The second kappa shape index (κ2) is 5.84. The molecule has 0 amide bonds. The van der Waals surface area contributed by atoms with E-state index in [9.17, 15) is 22.8 Å². The predicted molar refractivity (Wildman–Crippen MR) is 72.2 cm³/mol. The number of alkyl halides is 3. The number of halogens is 3. The number of hydrogen-bond donors (Lipinski definition) is 2. The first-order valence-corrected chi connectivity index (χ1v) is 5.96. The van der Waals surface area contributed by atoms with Gasteiger partial charge in [0, 0.05) is 0 Å². The summed E-state index contributed by atoms with van der Waals surface area (Å²) < 4.78 is 37.7. The van der Waals surface area contributed by atoms with Crippen LogP contribution >= 0.6 is 0 Å². The van der Waals surface area contributed by atoms with E-state index in [1.807, 2.05) is 0 Å². The molecule has 0 bridgehead atoms. The SMILES string of the molecule is O=C(O)c1ccc(/C=C/c2cc(C(F)(F)F)[nH]c(=O)n2)cc1. The highest BCUT2D eigenvalue weighted by Gasteiger charge is 2.32. The molecule has 0 atom stereocenters. The molecule has 2 N–H and O–H groups in total. The molecule has 5 nitrogen and oxygen atoms in total. The number of nitrogens with zero attached hydrogens (tertiary/aromatic N) is 1. The molecule has 0 aliphatic heterocycles. The lowest BCUT2D eigenvalue weighted by Gasteiger charge is -2.05. The molecule has 8 heteroatoms. The summed E-state index contributed by atoms with van der Waals surface area (Å²) in [6, 6.07) is 6.39. The molecule has 0 aliphatic carbocycles. The molecule has 0 spiro atoms. The lowest BCUT2D eigenvalue weighted by molar-refractivity contribution is -0.141. The van der Waals surface area contributed by atoms with Gasteiger partial charge in [-0.25, -0.2) is 9.59 Å². The molecule has 0 aliphatic rings. The Bertz CT molecular complexity index is 777. The van der Waals surface area contributed by atoms with Crippen molar-refractivity contribution in [1.29, 1.82) is 0 Å². The maximum absolute atomic E-state index is 12.6. The van der Waals surface area contributed by atoms with Gasteiger partial charge in [0.1, 0.15) is 5.69 Å². The summed E-state index contributed by atoms with van der Waals surface area (Å²) in [5.74, 6) is -1.08. The van der Waals surface area contributed by atoms with Gasteiger partial charge in [-0.15, -0.1) is 0 Å². The summed E-state index contributed by atoms with van der Waals surface area (Å²) in [6.07, 6.45) is -2.01. The van der Waals surface area contributed by atoms with Gasteiger partial charge in [-0.3, -0.25) is 0 Å². The average Bonchev–Trinajstić information content (AvgIpc) is 2.44. The fourth-order valence-corrected chi connectivity index (χ4v) is 1.63. The second-order valence-corrected chi connectivity index (χ2v) is 4.28. The first-order valence-electron chi connectivity index (χ1n) is 5.96. The van der Waals surface area contributed by atoms with E-state index >= 15 is 0 Å². The highest BCUT2D eigenvalue weighted by atomic mass is 19.4. The van der Waals surface area contributed by atoms with Crippen molar-refractivity contribution in [2.45, 2.75) is 6.18 Å². The lowest BCUT2D eigenvalue weighted by atomic mass is 10.1. The number of hydrogen-bond acceptors (Lipinski definition) is 3. The summed E-state index contributed by atoms with van der Waals surface area (Å²) in [5, 5.41) is 8.75. The summed E-state index contributed by atoms with van der Waals surface area (Å²) in [5.41, 5.74) is -1.80. The van der Waals surface area contributed by atoms with Gasteiger partial charge in [-0.2, -0.15) is 18.2 Å². The lowest BCUT2D eigenvalue weighted by Crippen LogP contribution is -2.19. The Labute approximate surface area is 121 Å². The Morgan fingerprint density at radius 2 is 1.82 bits per heavy atom. The van der Waals surface area contributed by atoms with Crippen molar-refractivity contribution in [2.24, 2.45) is 0 Å². The summed E-state index contributed by atoms with van der Waals surface area (Å²) in [6.45, 7) is 0. The molecule has 0 unspecified atom stereocenters. The van der Waals surface area contributed by atoms with Gasteiger partial charge in [0.2, 0.25) is 0 Å². The number of aromatic carboxylic acids is 1. The number of carbonyl (C=O) groups is 1. The van der Waals surface area contributed by atoms with E-state index in [4.69, 9.17) is 5.11 Å². The van der Waals surface area contributed by atoms with Crippen LogP contribution in [0.2, 0.25) is 0 Å². The number of aromatic amines is 1. The molecule has 1 heterocycles. The van der Waals surface area contributed by atoms with E-state index in [2.05, 4.69) is 4.98 Å². The third-order valence-electron chi connectivity index (χ3n) is 2.67. The van der Waals surface area contributed by atoms with Gasteiger partial charge in [0.05, 0.1) is 11.3 Å². The molecule has 1 aromatic heterocycles. The highest BCUT2D eigenvalue weighted by Crippen LogP contribution is 2.27. The number of rotatable bonds is 3. The number of carboxylic acids is 1. The predicted octanol–water partition coefficient (Wildman–Crippen LogP) is 2.66. The number of benzene rings is 1. The van der Waals surface area contributed by atoms with Crippen LogP contribution in [-0.2, 0) is 6.18 Å². The van der Waals surface area contributed by atoms with Gasteiger partial charge >= 0.3 is 17.8 Å². The monoisotopic (exact) mass is 310 g/mol. The Morgan fingerprint density at radius 1 is 1.18 bits per heavy atom. The molecule has 2 aromatic rings. The topological polar surface area (TPSA) is 83.0 Å². The van der Waals surface area contributed by atoms with Crippen LogP contribution in [0.3, 0.4) is 0 Å². The Hall–Kier alpha value is -2.90. The summed E-state index contributed by atoms with van der Waals surface area (Å²) in [7, 11) is 0. The zero-order chi connectivity index (χ0) is 16.3. The van der Waals surface area contributed by atoms with Gasteiger partial charge in [0.15, 0.2) is 0 Å². The number of carboxylic acid groups (broad SMARTS) is 1. The number of H-pyrrole nitrogens is 1. The molecule has 0 saturated carbocycles. The van der Waals surface area contributed by atoms with E-state index in [1.165, 1.54) is 36.4 Å². The smallest absolute Gasteiger partial charge is 0.431 e. The van der Waals surface area contributed by atoms with Gasteiger partial charge < -0.3 is 10.1 Å². The Morgan fingerprint density at radius 3 is 2.36 bits per heavy atom. The minimum Gasteiger partial charge on any atom is -0.478 e. The van der Waals surface area contributed by atoms with Crippen molar-refractivity contribution in [3.63, 3.8) is 0 Å². The maximum Gasteiger partial charge on any atom is 0.431 e. The van der Waals surface area contributed by atoms with E-state index in [0.29, 0.717) is 11.6 Å².